The SMILES string of the molecule is Cc1csc([C@@H]2CN(C[C@@H](O)c3ccccc3F)CCO2)n1. The lowest BCUT2D eigenvalue weighted by molar-refractivity contribution is -0.0427. The number of hydrogen-bond acceptors (Lipinski definition) is 5. The highest BCUT2D eigenvalue weighted by molar-refractivity contribution is 7.09. The molecule has 1 N–H and O–H groups in total. The summed E-state index contributed by atoms with van der Waals surface area (Å²) in [5, 5.41) is 13.2. The van der Waals surface area contributed by atoms with Crippen LogP contribution in [0.25, 0.3) is 0 Å². The molecular formula is C16H19FN2O2S. The lowest BCUT2D eigenvalue weighted by Gasteiger charge is -2.33. The Morgan fingerprint density at radius 2 is 2.32 bits per heavy atom. The smallest absolute Gasteiger partial charge is 0.129 e. The third-order valence-electron chi connectivity index (χ3n) is 3.76. The van der Waals surface area contributed by atoms with E-state index in [0.29, 0.717) is 25.3 Å². The van der Waals surface area contributed by atoms with E-state index in [9.17, 15) is 9.50 Å². The predicted octanol–water partition coefficient (Wildman–Crippen LogP) is 2.70. The van der Waals surface area contributed by atoms with E-state index in [-0.39, 0.29) is 11.9 Å². The fourth-order valence-electron chi connectivity index (χ4n) is 2.63. The van der Waals surface area contributed by atoms with Crippen molar-refractivity contribution < 1.29 is 14.2 Å². The standard InChI is InChI=1S/C16H19FN2O2S/c1-11-10-22-16(18-11)15-9-19(6-7-21-15)8-14(20)12-4-2-3-5-13(12)17/h2-5,10,14-15,20H,6-9H2,1H3/t14-,15+/m1/s1. The maximum atomic E-state index is 13.7. The van der Waals surface area contributed by atoms with Crippen LogP contribution in [-0.4, -0.2) is 41.2 Å². The second kappa shape index (κ2) is 6.83. The van der Waals surface area contributed by atoms with Crippen LogP contribution in [0.2, 0.25) is 0 Å². The van der Waals surface area contributed by atoms with Crippen LogP contribution >= 0.6 is 11.3 Å². The van der Waals surface area contributed by atoms with Crippen LogP contribution in [0.15, 0.2) is 29.6 Å². The number of aryl methyl sites for hydroxylation is 1. The molecule has 6 heteroatoms. The second-order valence-corrected chi connectivity index (χ2v) is 6.37. The van der Waals surface area contributed by atoms with Gasteiger partial charge in [-0.25, -0.2) is 9.37 Å². The van der Waals surface area contributed by atoms with E-state index in [4.69, 9.17) is 4.74 Å². The van der Waals surface area contributed by atoms with Crippen LogP contribution in [0, 0.1) is 12.7 Å². The van der Waals surface area contributed by atoms with Crippen LogP contribution < -0.4 is 0 Å². The van der Waals surface area contributed by atoms with Crippen molar-refractivity contribution >= 4 is 11.3 Å². The summed E-state index contributed by atoms with van der Waals surface area (Å²) < 4.78 is 19.5. The minimum absolute atomic E-state index is 0.0692. The molecule has 1 saturated heterocycles. The zero-order valence-electron chi connectivity index (χ0n) is 12.4. The molecule has 0 bridgehead atoms. The molecule has 0 amide bonds. The number of hydrogen-bond donors (Lipinski definition) is 1. The van der Waals surface area contributed by atoms with Crippen molar-refractivity contribution in [3.05, 3.63) is 51.7 Å². The fraction of sp³-hybridized carbons (Fsp3) is 0.438. The Morgan fingerprint density at radius 1 is 1.50 bits per heavy atom. The van der Waals surface area contributed by atoms with Crippen LogP contribution in [-0.2, 0) is 4.74 Å². The van der Waals surface area contributed by atoms with Gasteiger partial charge in [0.2, 0.25) is 0 Å². The normalized spacial score (nSPS) is 21.0. The van der Waals surface area contributed by atoms with Crippen LogP contribution in [0.4, 0.5) is 4.39 Å². The molecule has 0 aliphatic carbocycles. The summed E-state index contributed by atoms with van der Waals surface area (Å²) in [6, 6.07) is 6.37. The number of ether oxygens (including phenoxy) is 1. The Hall–Kier alpha value is -1.34. The number of aliphatic hydroxyl groups excluding tert-OH is 1. The summed E-state index contributed by atoms with van der Waals surface area (Å²) in [5.74, 6) is -0.365. The van der Waals surface area contributed by atoms with Crippen molar-refractivity contribution in [1.82, 2.24) is 9.88 Å². The summed E-state index contributed by atoms with van der Waals surface area (Å²) >= 11 is 1.59. The first kappa shape index (κ1) is 15.6. The van der Waals surface area contributed by atoms with Gasteiger partial charge in [0.15, 0.2) is 0 Å². The molecule has 22 heavy (non-hydrogen) atoms. The van der Waals surface area contributed by atoms with E-state index in [0.717, 1.165) is 17.2 Å². The number of nitrogens with zero attached hydrogens (tertiary/aromatic N) is 2. The number of morpholine rings is 1. The number of rotatable bonds is 4. The molecule has 0 spiro atoms. The van der Waals surface area contributed by atoms with Gasteiger partial charge in [0.1, 0.15) is 16.9 Å². The Morgan fingerprint density at radius 3 is 3.05 bits per heavy atom. The third kappa shape index (κ3) is 3.52. The summed E-state index contributed by atoms with van der Waals surface area (Å²) in [6.07, 6.45) is -0.904. The highest BCUT2D eigenvalue weighted by atomic mass is 32.1. The summed E-state index contributed by atoms with van der Waals surface area (Å²) in [4.78, 5) is 6.56. The molecule has 2 heterocycles. The van der Waals surface area contributed by atoms with Crippen molar-refractivity contribution in [2.45, 2.75) is 19.1 Å². The zero-order valence-corrected chi connectivity index (χ0v) is 13.2. The van der Waals surface area contributed by atoms with Gasteiger partial charge in [0.05, 0.1) is 12.7 Å². The van der Waals surface area contributed by atoms with Crippen molar-refractivity contribution in [1.29, 1.82) is 0 Å². The molecule has 0 saturated carbocycles. The summed E-state index contributed by atoms with van der Waals surface area (Å²) in [5.41, 5.74) is 1.34. The number of thiazole rings is 1. The van der Waals surface area contributed by atoms with Crippen molar-refractivity contribution in [2.75, 3.05) is 26.2 Å². The summed E-state index contributed by atoms with van der Waals surface area (Å²) in [6.45, 7) is 4.34. The maximum absolute atomic E-state index is 13.7. The molecule has 4 nitrogen and oxygen atoms in total. The molecule has 0 radical (unpaired) electrons. The lowest BCUT2D eigenvalue weighted by atomic mass is 10.1. The highest BCUT2D eigenvalue weighted by Crippen LogP contribution is 2.26. The Bertz CT molecular complexity index is 634. The average Bonchev–Trinajstić information content (AvgIpc) is 2.94. The second-order valence-electron chi connectivity index (χ2n) is 5.48. The molecule has 2 atom stereocenters. The topological polar surface area (TPSA) is 45.6 Å². The Balaban J connectivity index is 1.64. The molecule has 3 rings (SSSR count). The minimum Gasteiger partial charge on any atom is -0.387 e. The van der Waals surface area contributed by atoms with Gasteiger partial charge in [-0.1, -0.05) is 18.2 Å². The Labute approximate surface area is 133 Å². The lowest BCUT2D eigenvalue weighted by Crippen LogP contribution is -2.40. The molecule has 118 valence electrons. The first-order valence-corrected chi connectivity index (χ1v) is 8.20. The summed E-state index contributed by atoms with van der Waals surface area (Å²) in [7, 11) is 0. The molecule has 1 aliphatic rings. The predicted molar refractivity (Wildman–Crippen MR) is 83.3 cm³/mol. The molecule has 1 fully saturated rings. The van der Waals surface area contributed by atoms with Crippen LogP contribution in [0.3, 0.4) is 0 Å². The van der Waals surface area contributed by atoms with E-state index in [1.54, 1.807) is 29.5 Å². The van der Waals surface area contributed by atoms with Crippen LogP contribution in [0.5, 0.6) is 0 Å². The van der Waals surface area contributed by atoms with Gasteiger partial charge >= 0.3 is 0 Å². The number of β-amino-alcohol motifs (C(OH)–C–C–N with tert-alkyl or cyclic N) is 1. The largest absolute Gasteiger partial charge is 0.387 e. The monoisotopic (exact) mass is 322 g/mol. The molecule has 0 unspecified atom stereocenters. The molecule has 1 aliphatic heterocycles. The number of aliphatic hydroxyl groups is 1. The molecule has 1 aromatic carbocycles. The Kier molecular flexibility index (Phi) is 4.83. The maximum Gasteiger partial charge on any atom is 0.129 e. The molecular weight excluding hydrogens is 303 g/mol. The van der Waals surface area contributed by atoms with Gasteiger partial charge in [-0.05, 0) is 13.0 Å². The molecule has 1 aromatic heterocycles. The van der Waals surface area contributed by atoms with E-state index in [1.807, 2.05) is 12.3 Å². The van der Waals surface area contributed by atoms with Gasteiger partial charge < -0.3 is 9.84 Å². The quantitative estimate of drug-likeness (QED) is 0.940. The van der Waals surface area contributed by atoms with Crippen LogP contribution in [0.1, 0.15) is 28.5 Å². The van der Waals surface area contributed by atoms with E-state index in [1.165, 1.54) is 6.07 Å². The zero-order chi connectivity index (χ0) is 15.5. The van der Waals surface area contributed by atoms with Gasteiger partial charge in [0.25, 0.3) is 0 Å². The first-order valence-electron chi connectivity index (χ1n) is 7.32. The fourth-order valence-corrected chi connectivity index (χ4v) is 3.46. The van der Waals surface area contributed by atoms with Gasteiger partial charge in [0, 0.05) is 36.3 Å². The van der Waals surface area contributed by atoms with Crippen molar-refractivity contribution in [2.24, 2.45) is 0 Å². The third-order valence-corrected chi connectivity index (χ3v) is 4.81. The van der Waals surface area contributed by atoms with Gasteiger partial charge in [-0.3, -0.25) is 4.90 Å². The van der Waals surface area contributed by atoms with Crippen molar-refractivity contribution in [3.8, 4) is 0 Å². The minimum atomic E-state index is -0.835. The van der Waals surface area contributed by atoms with Crippen molar-refractivity contribution in [3.63, 3.8) is 0 Å². The average molecular weight is 322 g/mol. The number of aromatic nitrogens is 1. The van der Waals surface area contributed by atoms with Gasteiger partial charge in [-0.2, -0.15) is 0 Å². The molecule has 2 aromatic rings. The van der Waals surface area contributed by atoms with Gasteiger partial charge in [-0.15, -0.1) is 11.3 Å². The first-order chi connectivity index (χ1) is 10.6. The van der Waals surface area contributed by atoms with E-state index >= 15 is 0 Å². The number of benzene rings is 1. The van der Waals surface area contributed by atoms with E-state index < -0.39 is 6.10 Å². The van der Waals surface area contributed by atoms with E-state index in [2.05, 4.69) is 9.88 Å². The number of halogens is 1. The highest BCUT2D eigenvalue weighted by Gasteiger charge is 2.26.